The molecule has 2 heterocycles. The molecular weight excluding hydrogens is 336 g/mol. The van der Waals surface area contributed by atoms with Crippen LogP contribution in [0.3, 0.4) is 0 Å². The first-order valence-electron chi connectivity index (χ1n) is 8.46. The average Bonchev–Trinajstić information content (AvgIpc) is 2.61. The molecule has 1 unspecified atom stereocenters. The van der Waals surface area contributed by atoms with Crippen LogP contribution in [0.25, 0.3) is 0 Å². The Bertz CT molecular complexity index is 847. The summed E-state index contributed by atoms with van der Waals surface area (Å²) in [4.78, 5) is 29.0. The monoisotopic (exact) mass is 354 g/mol. The number of piperazine rings is 1. The van der Waals surface area contributed by atoms with Crippen molar-refractivity contribution in [3.63, 3.8) is 0 Å². The van der Waals surface area contributed by atoms with Crippen LogP contribution in [0, 0.1) is 6.92 Å². The summed E-state index contributed by atoms with van der Waals surface area (Å²) in [6.07, 6.45) is 0.834. The summed E-state index contributed by atoms with van der Waals surface area (Å²) >= 11 is 6.17. The number of nitrogens with zero attached hydrogens (tertiary/aromatic N) is 2. The molecule has 0 aromatic heterocycles. The van der Waals surface area contributed by atoms with Gasteiger partial charge in [0.15, 0.2) is 0 Å². The molecule has 2 aliphatic rings. The number of amides is 2. The van der Waals surface area contributed by atoms with Crippen LogP contribution in [0.2, 0.25) is 5.02 Å². The standard InChI is InChI=1S/C20H19ClN2O2/c1-13-2-4-15(5-3-13)20(25)22-11-18-17-10-16(21)7-6-14(17)8-9-23(18)19(24)12-22/h2-7,10,18H,8-9,11-12H2,1H3. The second kappa shape index (κ2) is 6.19. The summed E-state index contributed by atoms with van der Waals surface area (Å²) < 4.78 is 0. The minimum Gasteiger partial charge on any atom is -0.332 e. The zero-order valence-corrected chi connectivity index (χ0v) is 14.8. The molecule has 1 atom stereocenters. The van der Waals surface area contributed by atoms with Crippen molar-refractivity contribution in [2.45, 2.75) is 19.4 Å². The first-order chi connectivity index (χ1) is 12.0. The lowest BCUT2D eigenvalue weighted by molar-refractivity contribution is -0.139. The second-order valence-corrected chi connectivity index (χ2v) is 7.18. The Labute approximate surface area is 152 Å². The number of halogens is 1. The number of rotatable bonds is 1. The fourth-order valence-corrected chi connectivity index (χ4v) is 3.91. The van der Waals surface area contributed by atoms with E-state index in [0.717, 1.165) is 17.5 Å². The molecule has 128 valence electrons. The van der Waals surface area contributed by atoms with Crippen LogP contribution in [0.4, 0.5) is 0 Å². The van der Waals surface area contributed by atoms with Crippen LogP contribution >= 0.6 is 11.6 Å². The third-order valence-electron chi connectivity index (χ3n) is 5.09. The molecule has 0 saturated carbocycles. The predicted molar refractivity (Wildman–Crippen MR) is 96.7 cm³/mol. The highest BCUT2D eigenvalue weighted by molar-refractivity contribution is 6.30. The van der Waals surface area contributed by atoms with E-state index in [1.54, 1.807) is 4.90 Å². The minimum atomic E-state index is -0.113. The van der Waals surface area contributed by atoms with Gasteiger partial charge in [0.05, 0.1) is 6.04 Å². The molecular formula is C20H19ClN2O2. The molecule has 4 rings (SSSR count). The molecule has 2 aromatic rings. The Hall–Kier alpha value is -2.33. The SMILES string of the molecule is Cc1ccc(C(=O)N2CC(=O)N3CCc4ccc(Cl)cc4C3C2)cc1. The molecule has 25 heavy (non-hydrogen) atoms. The van der Waals surface area contributed by atoms with Gasteiger partial charge in [-0.2, -0.15) is 0 Å². The highest BCUT2D eigenvalue weighted by atomic mass is 35.5. The Morgan fingerprint density at radius 1 is 1.16 bits per heavy atom. The minimum absolute atomic E-state index is 0.00216. The van der Waals surface area contributed by atoms with E-state index in [4.69, 9.17) is 11.6 Å². The zero-order valence-electron chi connectivity index (χ0n) is 14.0. The fraction of sp³-hybridized carbons (Fsp3) is 0.300. The molecule has 0 bridgehead atoms. The van der Waals surface area contributed by atoms with Crippen LogP contribution in [0.15, 0.2) is 42.5 Å². The normalized spacial score (nSPS) is 19.4. The van der Waals surface area contributed by atoms with E-state index in [1.807, 2.05) is 54.3 Å². The molecule has 0 spiro atoms. The van der Waals surface area contributed by atoms with Crippen LogP contribution in [-0.2, 0) is 11.2 Å². The van der Waals surface area contributed by atoms with E-state index in [2.05, 4.69) is 0 Å². The molecule has 5 heteroatoms. The Morgan fingerprint density at radius 2 is 1.92 bits per heavy atom. The van der Waals surface area contributed by atoms with Crippen molar-refractivity contribution in [2.75, 3.05) is 19.6 Å². The van der Waals surface area contributed by atoms with Crippen molar-refractivity contribution in [1.82, 2.24) is 9.80 Å². The maximum Gasteiger partial charge on any atom is 0.254 e. The average molecular weight is 355 g/mol. The molecule has 0 radical (unpaired) electrons. The number of fused-ring (bicyclic) bond motifs is 3. The lowest BCUT2D eigenvalue weighted by atomic mass is 9.90. The van der Waals surface area contributed by atoms with Gasteiger partial charge in [0.1, 0.15) is 6.54 Å². The van der Waals surface area contributed by atoms with Crippen LogP contribution < -0.4 is 0 Å². The fourth-order valence-electron chi connectivity index (χ4n) is 3.72. The second-order valence-electron chi connectivity index (χ2n) is 6.75. The van der Waals surface area contributed by atoms with Gasteiger partial charge in [0.25, 0.3) is 5.91 Å². The van der Waals surface area contributed by atoms with Crippen molar-refractivity contribution in [3.05, 3.63) is 69.7 Å². The number of hydrogen-bond acceptors (Lipinski definition) is 2. The summed E-state index contributed by atoms with van der Waals surface area (Å²) in [6.45, 7) is 3.33. The number of hydrogen-bond donors (Lipinski definition) is 0. The topological polar surface area (TPSA) is 40.6 Å². The third kappa shape index (κ3) is 2.91. The Kier molecular flexibility index (Phi) is 4.00. The van der Waals surface area contributed by atoms with E-state index in [-0.39, 0.29) is 24.4 Å². The van der Waals surface area contributed by atoms with Crippen molar-refractivity contribution in [2.24, 2.45) is 0 Å². The third-order valence-corrected chi connectivity index (χ3v) is 5.33. The first-order valence-corrected chi connectivity index (χ1v) is 8.84. The highest BCUT2D eigenvalue weighted by Gasteiger charge is 2.38. The molecule has 2 aliphatic heterocycles. The number of carbonyl (C=O) groups is 2. The quantitative estimate of drug-likeness (QED) is 0.789. The molecule has 1 fully saturated rings. The predicted octanol–water partition coefficient (Wildman–Crippen LogP) is 3.23. The maximum absolute atomic E-state index is 12.8. The molecule has 0 N–H and O–H groups in total. The van der Waals surface area contributed by atoms with Crippen molar-refractivity contribution < 1.29 is 9.59 Å². The van der Waals surface area contributed by atoms with Gasteiger partial charge in [-0.25, -0.2) is 0 Å². The van der Waals surface area contributed by atoms with Crippen molar-refractivity contribution >= 4 is 23.4 Å². The Morgan fingerprint density at radius 3 is 2.68 bits per heavy atom. The van der Waals surface area contributed by atoms with E-state index in [0.29, 0.717) is 23.7 Å². The molecule has 1 saturated heterocycles. The van der Waals surface area contributed by atoms with E-state index in [9.17, 15) is 9.59 Å². The van der Waals surface area contributed by atoms with Gasteiger partial charge in [0.2, 0.25) is 5.91 Å². The summed E-state index contributed by atoms with van der Waals surface area (Å²) in [5.41, 5.74) is 4.00. The summed E-state index contributed by atoms with van der Waals surface area (Å²) in [5.74, 6) is -0.0931. The number of carbonyl (C=O) groups excluding carboxylic acids is 2. The van der Waals surface area contributed by atoms with E-state index >= 15 is 0 Å². The lowest BCUT2D eigenvalue weighted by Gasteiger charge is -2.44. The van der Waals surface area contributed by atoms with Crippen LogP contribution in [-0.4, -0.2) is 41.2 Å². The molecule has 2 aromatic carbocycles. The van der Waals surface area contributed by atoms with Gasteiger partial charge in [-0.15, -0.1) is 0 Å². The highest BCUT2D eigenvalue weighted by Crippen LogP contribution is 2.35. The van der Waals surface area contributed by atoms with Gasteiger partial charge < -0.3 is 9.80 Å². The van der Waals surface area contributed by atoms with Gasteiger partial charge in [0, 0.05) is 23.7 Å². The summed E-state index contributed by atoms with van der Waals surface area (Å²) in [5, 5.41) is 0.662. The smallest absolute Gasteiger partial charge is 0.254 e. The van der Waals surface area contributed by atoms with Crippen molar-refractivity contribution in [3.8, 4) is 0 Å². The number of benzene rings is 2. The molecule has 0 aliphatic carbocycles. The lowest BCUT2D eigenvalue weighted by Crippen LogP contribution is -2.55. The van der Waals surface area contributed by atoms with E-state index in [1.165, 1.54) is 5.56 Å². The summed E-state index contributed by atoms with van der Waals surface area (Å²) in [7, 11) is 0. The molecule has 4 nitrogen and oxygen atoms in total. The Balaban J connectivity index is 1.65. The summed E-state index contributed by atoms with van der Waals surface area (Å²) in [6, 6.07) is 13.2. The maximum atomic E-state index is 12.8. The first kappa shape index (κ1) is 16.2. The number of aryl methyl sites for hydroxylation is 1. The van der Waals surface area contributed by atoms with Crippen LogP contribution in [0.1, 0.15) is 33.1 Å². The zero-order chi connectivity index (χ0) is 17.6. The molecule has 2 amide bonds. The van der Waals surface area contributed by atoms with Gasteiger partial charge in [-0.3, -0.25) is 9.59 Å². The van der Waals surface area contributed by atoms with E-state index < -0.39 is 0 Å². The van der Waals surface area contributed by atoms with Gasteiger partial charge >= 0.3 is 0 Å². The van der Waals surface area contributed by atoms with Gasteiger partial charge in [-0.05, 0) is 48.7 Å². The van der Waals surface area contributed by atoms with Crippen molar-refractivity contribution in [1.29, 1.82) is 0 Å². The van der Waals surface area contributed by atoms with Crippen LogP contribution in [0.5, 0.6) is 0 Å². The largest absolute Gasteiger partial charge is 0.332 e. The van der Waals surface area contributed by atoms with Gasteiger partial charge in [-0.1, -0.05) is 35.4 Å².